The fourth-order valence-electron chi connectivity index (χ4n) is 2.88. The lowest BCUT2D eigenvalue weighted by Crippen LogP contribution is -2.33. The molecule has 1 aromatic heterocycles. The van der Waals surface area contributed by atoms with Crippen LogP contribution in [0.25, 0.3) is 0 Å². The van der Waals surface area contributed by atoms with E-state index in [0.717, 1.165) is 12.8 Å². The molecule has 0 bridgehead atoms. The summed E-state index contributed by atoms with van der Waals surface area (Å²) in [5.74, 6) is -0.138. The van der Waals surface area contributed by atoms with E-state index in [9.17, 15) is 20.0 Å². The van der Waals surface area contributed by atoms with E-state index >= 15 is 0 Å². The number of rotatable bonds is 7. The molecule has 3 rings (SSSR count). The van der Waals surface area contributed by atoms with E-state index in [1.54, 1.807) is 36.9 Å². The molecule has 0 spiro atoms. The Morgan fingerprint density at radius 2 is 2.24 bits per heavy atom. The lowest BCUT2D eigenvalue weighted by molar-refractivity contribution is -0.384. The van der Waals surface area contributed by atoms with E-state index in [0.29, 0.717) is 12.2 Å². The molecule has 1 atom stereocenters. The second-order valence-corrected chi connectivity index (χ2v) is 6.38. The Kier molecular flexibility index (Phi) is 4.54. The van der Waals surface area contributed by atoms with Crippen molar-refractivity contribution in [3.63, 3.8) is 0 Å². The predicted octanol–water partition coefficient (Wildman–Crippen LogP) is 1.91. The number of hydrogen-bond donors (Lipinski definition) is 1. The SMILES string of the molecule is CC(O)CN(c1ccc(C(=O)c2nccn2C)cc1[N+](=O)[O-])C1CC1. The number of nitro benzene ring substituents is 1. The van der Waals surface area contributed by atoms with Gasteiger partial charge in [0.15, 0.2) is 5.82 Å². The molecule has 2 aromatic rings. The van der Waals surface area contributed by atoms with Crippen LogP contribution in [0.5, 0.6) is 0 Å². The van der Waals surface area contributed by atoms with Crippen molar-refractivity contribution in [2.45, 2.75) is 31.9 Å². The first-order valence-electron chi connectivity index (χ1n) is 8.13. The van der Waals surface area contributed by atoms with Gasteiger partial charge in [-0.2, -0.15) is 0 Å². The van der Waals surface area contributed by atoms with E-state index in [1.807, 2.05) is 4.90 Å². The molecule has 1 N–H and O–H groups in total. The molecule has 132 valence electrons. The van der Waals surface area contributed by atoms with Crippen LogP contribution < -0.4 is 4.90 Å². The van der Waals surface area contributed by atoms with Crippen LogP contribution in [0.2, 0.25) is 0 Å². The molecule has 1 unspecified atom stereocenters. The fraction of sp³-hybridized carbons (Fsp3) is 0.412. The van der Waals surface area contributed by atoms with Crippen LogP contribution in [-0.2, 0) is 7.05 Å². The van der Waals surface area contributed by atoms with Gasteiger partial charge in [-0.3, -0.25) is 14.9 Å². The molecule has 1 aliphatic carbocycles. The predicted molar refractivity (Wildman–Crippen MR) is 91.8 cm³/mol. The first-order chi connectivity index (χ1) is 11.9. The van der Waals surface area contributed by atoms with Gasteiger partial charge in [0.1, 0.15) is 5.69 Å². The summed E-state index contributed by atoms with van der Waals surface area (Å²) in [6, 6.07) is 4.67. The van der Waals surface area contributed by atoms with Gasteiger partial charge in [0.05, 0.1) is 11.0 Å². The van der Waals surface area contributed by atoms with Crippen molar-refractivity contribution in [1.29, 1.82) is 0 Å². The highest BCUT2D eigenvalue weighted by Gasteiger charge is 2.34. The monoisotopic (exact) mass is 344 g/mol. The third-order valence-electron chi connectivity index (χ3n) is 4.22. The number of nitrogens with zero attached hydrogens (tertiary/aromatic N) is 4. The number of aliphatic hydroxyl groups is 1. The number of aliphatic hydroxyl groups excluding tert-OH is 1. The van der Waals surface area contributed by atoms with Gasteiger partial charge < -0.3 is 14.6 Å². The van der Waals surface area contributed by atoms with Crippen molar-refractivity contribution in [3.05, 3.63) is 52.1 Å². The number of aryl methyl sites for hydroxylation is 1. The molecular formula is C17H20N4O4. The normalized spacial score (nSPS) is 15.0. The van der Waals surface area contributed by atoms with E-state index in [4.69, 9.17) is 0 Å². The maximum atomic E-state index is 12.5. The van der Waals surface area contributed by atoms with Gasteiger partial charge in [0.25, 0.3) is 5.69 Å². The maximum Gasteiger partial charge on any atom is 0.293 e. The Morgan fingerprint density at radius 3 is 2.76 bits per heavy atom. The molecule has 8 nitrogen and oxygen atoms in total. The lowest BCUT2D eigenvalue weighted by atomic mass is 10.1. The van der Waals surface area contributed by atoms with Gasteiger partial charge >= 0.3 is 0 Å². The molecule has 0 saturated heterocycles. The summed E-state index contributed by atoms with van der Waals surface area (Å²) in [5, 5.41) is 21.3. The molecular weight excluding hydrogens is 324 g/mol. The summed E-state index contributed by atoms with van der Waals surface area (Å²) in [6.07, 6.45) is 4.44. The first-order valence-corrected chi connectivity index (χ1v) is 8.13. The average Bonchev–Trinajstić information content (AvgIpc) is 3.32. The van der Waals surface area contributed by atoms with Gasteiger partial charge in [-0.1, -0.05) is 0 Å². The number of ketones is 1. The van der Waals surface area contributed by atoms with Crippen LogP contribution >= 0.6 is 0 Å². The second kappa shape index (κ2) is 6.64. The number of carbonyl (C=O) groups is 1. The van der Waals surface area contributed by atoms with Crippen molar-refractivity contribution in [2.24, 2.45) is 7.05 Å². The zero-order valence-electron chi connectivity index (χ0n) is 14.1. The number of benzene rings is 1. The molecule has 0 aliphatic heterocycles. The summed E-state index contributed by atoms with van der Waals surface area (Å²) in [6.45, 7) is 1.97. The summed E-state index contributed by atoms with van der Waals surface area (Å²) in [5.41, 5.74) is 0.523. The Labute approximate surface area is 144 Å². The topological polar surface area (TPSA) is 102 Å². The smallest absolute Gasteiger partial charge is 0.293 e. The van der Waals surface area contributed by atoms with Gasteiger partial charge in [-0.25, -0.2) is 4.98 Å². The van der Waals surface area contributed by atoms with Gasteiger partial charge in [-0.15, -0.1) is 0 Å². The highest BCUT2D eigenvalue weighted by atomic mass is 16.6. The highest BCUT2D eigenvalue weighted by Crippen LogP contribution is 2.37. The lowest BCUT2D eigenvalue weighted by Gasteiger charge is -2.25. The average molecular weight is 344 g/mol. The zero-order chi connectivity index (χ0) is 18.1. The third-order valence-corrected chi connectivity index (χ3v) is 4.22. The Balaban J connectivity index is 1.99. The molecule has 0 amide bonds. The molecule has 25 heavy (non-hydrogen) atoms. The molecule has 0 radical (unpaired) electrons. The van der Waals surface area contributed by atoms with Crippen LogP contribution in [0, 0.1) is 10.1 Å². The molecule has 1 aromatic carbocycles. The van der Waals surface area contributed by atoms with Crippen molar-refractivity contribution in [2.75, 3.05) is 11.4 Å². The Morgan fingerprint density at radius 1 is 1.52 bits per heavy atom. The van der Waals surface area contributed by atoms with Crippen LogP contribution in [0.15, 0.2) is 30.6 Å². The Hall–Kier alpha value is -2.74. The minimum atomic E-state index is -0.603. The van der Waals surface area contributed by atoms with Crippen LogP contribution in [0.1, 0.15) is 35.9 Å². The first kappa shape index (κ1) is 17.1. The van der Waals surface area contributed by atoms with Crippen molar-refractivity contribution in [3.8, 4) is 0 Å². The van der Waals surface area contributed by atoms with E-state index in [-0.39, 0.29) is 28.9 Å². The zero-order valence-corrected chi connectivity index (χ0v) is 14.1. The van der Waals surface area contributed by atoms with E-state index in [2.05, 4.69) is 4.98 Å². The number of aromatic nitrogens is 2. The highest BCUT2D eigenvalue weighted by molar-refractivity contribution is 6.07. The Bertz CT molecular complexity index is 811. The van der Waals surface area contributed by atoms with Crippen molar-refractivity contribution >= 4 is 17.2 Å². The fourth-order valence-corrected chi connectivity index (χ4v) is 2.88. The van der Waals surface area contributed by atoms with Crippen LogP contribution in [0.3, 0.4) is 0 Å². The standard InChI is InChI=1S/C17H20N4O4/c1-11(22)10-20(13-4-5-13)14-6-3-12(9-15(14)21(24)25)16(23)17-18-7-8-19(17)2/h3,6-9,11,13,22H,4-5,10H2,1-2H3. The van der Waals surface area contributed by atoms with Crippen molar-refractivity contribution < 1.29 is 14.8 Å². The van der Waals surface area contributed by atoms with E-state index in [1.165, 1.54) is 12.3 Å². The number of imidazole rings is 1. The largest absolute Gasteiger partial charge is 0.392 e. The summed E-state index contributed by atoms with van der Waals surface area (Å²) >= 11 is 0. The quantitative estimate of drug-likeness (QED) is 0.468. The van der Waals surface area contributed by atoms with Gasteiger partial charge in [-0.05, 0) is 31.9 Å². The van der Waals surface area contributed by atoms with Crippen molar-refractivity contribution in [1.82, 2.24) is 9.55 Å². The number of hydrogen-bond acceptors (Lipinski definition) is 6. The maximum absolute atomic E-state index is 12.5. The third kappa shape index (κ3) is 3.53. The number of nitro groups is 1. The van der Waals surface area contributed by atoms with Gasteiger partial charge in [0, 0.05) is 43.7 Å². The second-order valence-electron chi connectivity index (χ2n) is 6.38. The molecule has 1 fully saturated rings. The molecule has 1 heterocycles. The van der Waals surface area contributed by atoms with Crippen LogP contribution in [0.4, 0.5) is 11.4 Å². The van der Waals surface area contributed by atoms with Gasteiger partial charge in [0.2, 0.25) is 5.78 Å². The summed E-state index contributed by atoms with van der Waals surface area (Å²) < 4.78 is 1.58. The molecule has 8 heteroatoms. The minimum absolute atomic E-state index is 0.132. The molecule has 1 saturated carbocycles. The number of anilines is 1. The van der Waals surface area contributed by atoms with E-state index < -0.39 is 11.0 Å². The van der Waals surface area contributed by atoms with Crippen LogP contribution in [-0.4, -0.2) is 44.1 Å². The minimum Gasteiger partial charge on any atom is -0.392 e. The number of carbonyl (C=O) groups excluding carboxylic acids is 1. The molecule has 1 aliphatic rings. The summed E-state index contributed by atoms with van der Waals surface area (Å²) in [4.78, 5) is 29.5. The summed E-state index contributed by atoms with van der Waals surface area (Å²) in [7, 11) is 1.69.